The molecule has 2 aromatic rings. The predicted molar refractivity (Wildman–Crippen MR) is 79.3 cm³/mol. The zero-order valence-corrected chi connectivity index (χ0v) is 13.1. The topological polar surface area (TPSA) is 26.0 Å². The van der Waals surface area contributed by atoms with Gasteiger partial charge in [-0.15, -0.1) is 0 Å². The van der Waals surface area contributed by atoms with Crippen LogP contribution in [0.15, 0.2) is 45.3 Å². The zero-order chi connectivity index (χ0) is 13.3. The summed E-state index contributed by atoms with van der Waals surface area (Å²) in [7, 11) is 0. The first-order valence-electron chi connectivity index (χ1n) is 5.14. The molecule has 0 bridgehead atoms. The number of halogens is 4. The van der Waals surface area contributed by atoms with E-state index in [1.807, 2.05) is 18.2 Å². The van der Waals surface area contributed by atoms with E-state index in [2.05, 4.69) is 31.9 Å². The lowest BCUT2D eigenvalue weighted by molar-refractivity contribution is 0.599. The van der Waals surface area contributed by atoms with Crippen molar-refractivity contribution in [2.24, 2.45) is 5.73 Å². The van der Waals surface area contributed by atoms with Gasteiger partial charge >= 0.3 is 0 Å². The van der Waals surface area contributed by atoms with Gasteiger partial charge in [-0.3, -0.25) is 0 Å². The Morgan fingerprint density at radius 2 is 1.78 bits per heavy atom. The van der Waals surface area contributed by atoms with Gasteiger partial charge in [-0.2, -0.15) is 0 Å². The number of benzene rings is 2. The minimum atomic E-state index is -0.547. The van der Waals surface area contributed by atoms with Crippen molar-refractivity contribution in [3.63, 3.8) is 0 Å². The molecule has 0 aliphatic heterocycles. The number of nitrogens with two attached hydrogens (primary N) is 1. The van der Waals surface area contributed by atoms with Gasteiger partial charge < -0.3 is 5.73 Å². The largest absolute Gasteiger partial charge is 0.320 e. The van der Waals surface area contributed by atoms with Gasteiger partial charge in [0.15, 0.2) is 0 Å². The fraction of sp³-hybridized carbons (Fsp3) is 0.0769. The minimum absolute atomic E-state index is 0.358. The molecule has 2 rings (SSSR count). The highest BCUT2D eigenvalue weighted by Gasteiger charge is 2.16. The summed E-state index contributed by atoms with van der Waals surface area (Å²) >= 11 is 12.5. The molecule has 0 aliphatic carbocycles. The molecule has 94 valence electrons. The Morgan fingerprint density at radius 3 is 2.44 bits per heavy atom. The molecule has 0 fully saturated rings. The third-order valence-corrected chi connectivity index (χ3v) is 4.04. The Balaban J connectivity index is 2.47. The van der Waals surface area contributed by atoms with E-state index < -0.39 is 11.9 Å². The summed E-state index contributed by atoms with van der Waals surface area (Å²) in [5.41, 5.74) is 7.33. The fourth-order valence-corrected chi connectivity index (χ4v) is 2.71. The molecular weight excluding hydrogens is 384 g/mol. The molecule has 0 radical (unpaired) electrons. The van der Waals surface area contributed by atoms with Crippen LogP contribution in [0.4, 0.5) is 4.39 Å². The van der Waals surface area contributed by atoms with Crippen LogP contribution in [0, 0.1) is 5.82 Å². The minimum Gasteiger partial charge on any atom is -0.320 e. The van der Waals surface area contributed by atoms with Crippen molar-refractivity contribution in [3.05, 3.63) is 67.3 Å². The Labute approximate surface area is 126 Å². The first-order chi connectivity index (χ1) is 8.49. The van der Waals surface area contributed by atoms with E-state index in [-0.39, 0.29) is 0 Å². The molecule has 1 unspecified atom stereocenters. The van der Waals surface area contributed by atoms with E-state index in [9.17, 15) is 4.39 Å². The predicted octanol–water partition coefficient (Wildman–Crippen LogP) is 5.05. The molecule has 0 aliphatic rings. The number of hydrogen-bond donors (Lipinski definition) is 1. The molecule has 0 aromatic heterocycles. The Bertz CT molecular complexity index is 589. The molecule has 2 aromatic carbocycles. The molecule has 0 saturated heterocycles. The lowest BCUT2D eigenvalue weighted by Crippen LogP contribution is -2.14. The van der Waals surface area contributed by atoms with Gasteiger partial charge in [-0.1, -0.05) is 49.5 Å². The standard InChI is InChI=1S/C13H9Br2ClFN/c14-7-1-4-11(15)10(5-7)13(18)9-3-2-8(16)6-12(9)17/h1-6,13H,18H2. The first kappa shape index (κ1) is 14.0. The summed E-state index contributed by atoms with van der Waals surface area (Å²) in [6.07, 6.45) is 0. The molecule has 2 N–H and O–H groups in total. The zero-order valence-electron chi connectivity index (χ0n) is 9.13. The summed E-state index contributed by atoms with van der Waals surface area (Å²) < 4.78 is 15.6. The normalized spacial score (nSPS) is 12.5. The second kappa shape index (κ2) is 5.70. The molecule has 1 atom stereocenters. The maximum absolute atomic E-state index is 13.8. The van der Waals surface area contributed by atoms with Crippen molar-refractivity contribution < 1.29 is 4.39 Å². The Hall–Kier alpha value is -0.420. The molecule has 0 saturated carbocycles. The first-order valence-corrected chi connectivity index (χ1v) is 7.11. The van der Waals surface area contributed by atoms with Gasteiger partial charge in [-0.05, 0) is 35.9 Å². The van der Waals surface area contributed by atoms with Crippen molar-refractivity contribution in [1.82, 2.24) is 0 Å². The SMILES string of the molecule is NC(c1ccc(Cl)cc1F)c1cc(Br)ccc1Br. The van der Waals surface area contributed by atoms with E-state index >= 15 is 0 Å². The Morgan fingerprint density at radius 1 is 1.06 bits per heavy atom. The third-order valence-electron chi connectivity index (χ3n) is 2.59. The van der Waals surface area contributed by atoms with Crippen LogP contribution in [0.25, 0.3) is 0 Å². The van der Waals surface area contributed by atoms with Crippen molar-refractivity contribution in [3.8, 4) is 0 Å². The Kier molecular flexibility index (Phi) is 4.43. The third kappa shape index (κ3) is 2.94. The second-order valence-electron chi connectivity index (χ2n) is 3.81. The van der Waals surface area contributed by atoms with Crippen LogP contribution in [0.1, 0.15) is 17.2 Å². The average molecular weight is 393 g/mol. The van der Waals surface area contributed by atoms with Crippen molar-refractivity contribution in [2.45, 2.75) is 6.04 Å². The van der Waals surface area contributed by atoms with E-state index in [0.717, 1.165) is 14.5 Å². The fourth-order valence-electron chi connectivity index (χ4n) is 1.67. The van der Waals surface area contributed by atoms with E-state index in [4.69, 9.17) is 17.3 Å². The number of rotatable bonds is 2. The molecular formula is C13H9Br2ClFN. The van der Waals surface area contributed by atoms with Crippen LogP contribution < -0.4 is 5.73 Å². The van der Waals surface area contributed by atoms with Gasteiger partial charge in [0.05, 0.1) is 6.04 Å². The molecule has 18 heavy (non-hydrogen) atoms. The molecule has 1 nitrogen and oxygen atoms in total. The maximum Gasteiger partial charge on any atom is 0.129 e. The van der Waals surface area contributed by atoms with Crippen LogP contribution >= 0.6 is 43.5 Å². The van der Waals surface area contributed by atoms with E-state index in [1.165, 1.54) is 6.07 Å². The van der Waals surface area contributed by atoms with Crippen molar-refractivity contribution in [2.75, 3.05) is 0 Å². The van der Waals surface area contributed by atoms with Crippen molar-refractivity contribution in [1.29, 1.82) is 0 Å². The smallest absolute Gasteiger partial charge is 0.129 e. The molecule has 0 amide bonds. The summed E-state index contributed by atoms with van der Waals surface area (Å²) in [6.45, 7) is 0. The van der Waals surface area contributed by atoms with Crippen LogP contribution in [-0.4, -0.2) is 0 Å². The lowest BCUT2D eigenvalue weighted by Gasteiger charge is -2.15. The van der Waals surface area contributed by atoms with E-state index in [0.29, 0.717) is 10.6 Å². The van der Waals surface area contributed by atoms with Crippen LogP contribution in [0.3, 0.4) is 0 Å². The monoisotopic (exact) mass is 391 g/mol. The highest BCUT2D eigenvalue weighted by molar-refractivity contribution is 9.11. The average Bonchev–Trinajstić information content (AvgIpc) is 2.31. The van der Waals surface area contributed by atoms with Crippen molar-refractivity contribution >= 4 is 43.5 Å². The summed E-state index contributed by atoms with van der Waals surface area (Å²) in [6, 6.07) is 9.58. The van der Waals surface area contributed by atoms with Crippen LogP contribution in [0.5, 0.6) is 0 Å². The van der Waals surface area contributed by atoms with Crippen LogP contribution in [0.2, 0.25) is 5.02 Å². The van der Waals surface area contributed by atoms with Gasteiger partial charge in [-0.25, -0.2) is 4.39 Å². The van der Waals surface area contributed by atoms with E-state index in [1.54, 1.807) is 12.1 Å². The summed E-state index contributed by atoms with van der Waals surface area (Å²) in [5.74, 6) is -0.401. The van der Waals surface area contributed by atoms with Gasteiger partial charge in [0.25, 0.3) is 0 Å². The van der Waals surface area contributed by atoms with Gasteiger partial charge in [0, 0.05) is 19.5 Å². The number of hydrogen-bond acceptors (Lipinski definition) is 1. The lowest BCUT2D eigenvalue weighted by atomic mass is 9.99. The summed E-state index contributed by atoms with van der Waals surface area (Å²) in [4.78, 5) is 0. The molecule has 5 heteroatoms. The second-order valence-corrected chi connectivity index (χ2v) is 6.02. The van der Waals surface area contributed by atoms with Gasteiger partial charge in [0.1, 0.15) is 5.82 Å². The maximum atomic E-state index is 13.8. The van der Waals surface area contributed by atoms with Gasteiger partial charge in [0.2, 0.25) is 0 Å². The van der Waals surface area contributed by atoms with Crippen LogP contribution in [-0.2, 0) is 0 Å². The highest BCUT2D eigenvalue weighted by Crippen LogP contribution is 2.31. The summed E-state index contributed by atoms with van der Waals surface area (Å²) in [5, 5.41) is 0.358. The highest BCUT2D eigenvalue weighted by atomic mass is 79.9. The molecule has 0 spiro atoms. The quantitative estimate of drug-likeness (QED) is 0.759. The molecule has 0 heterocycles.